The Balaban J connectivity index is 1.86. The van der Waals surface area contributed by atoms with Crippen LogP contribution >= 0.6 is 11.6 Å². The van der Waals surface area contributed by atoms with Crippen molar-refractivity contribution < 1.29 is 17.9 Å². The molecule has 2 N–H and O–H groups in total. The molecule has 3 aromatic carbocycles. The first-order chi connectivity index (χ1) is 14.3. The Morgan fingerprint density at radius 1 is 1.00 bits per heavy atom. The molecule has 0 bridgehead atoms. The molecule has 0 aromatic heterocycles. The minimum Gasteiger partial charge on any atom is -0.380 e. The monoisotopic (exact) mass is 444 g/mol. The van der Waals surface area contributed by atoms with Crippen LogP contribution in [0, 0.1) is 6.92 Å². The van der Waals surface area contributed by atoms with Gasteiger partial charge in [0, 0.05) is 29.1 Å². The minimum atomic E-state index is -3.86. The SMILES string of the molecule is COCc1ccccc1C(=O)Nc1ccc(C)c(S(=O)(=O)Nc2ccc(Cl)cc2)c1. The molecule has 0 radical (unpaired) electrons. The fraction of sp³-hybridized carbons (Fsp3) is 0.136. The van der Waals surface area contributed by atoms with E-state index in [1.54, 1.807) is 68.6 Å². The Bertz CT molecular complexity index is 1160. The van der Waals surface area contributed by atoms with Gasteiger partial charge in [0.05, 0.1) is 11.5 Å². The highest BCUT2D eigenvalue weighted by Gasteiger charge is 2.19. The van der Waals surface area contributed by atoms with Gasteiger partial charge in [-0.25, -0.2) is 8.42 Å². The van der Waals surface area contributed by atoms with Crippen LogP contribution < -0.4 is 10.0 Å². The van der Waals surface area contributed by atoms with Gasteiger partial charge in [-0.1, -0.05) is 35.9 Å². The van der Waals surface area contributed by atoms with E-state index in [2.05, 4.69) is 10.0 Å². The summed E-state index contributed by atoms with van der Waals surface area (Å²) in [6, 6.07) is 18.2. The third kappa shape index (κ3) is 5.18. The van der Waals surface area contributed by atoms with E-state index >= 15 is 0 Å². The number of benzene rings is 3. The standard InChI is InChI=1S/C22H21ClN2O4S/c1-15-7-10-19(24-22(26)20-6-4-3-5-16(20)14-29-2)13-21(15)30(27,28)25-18-11-8-17(23)9-12-18/h3-13,25H,14H2,1-2H3,(H,24,26). The first-order valence-corrected chi connectivity index (χ1v) is 10.9. The van der Waals surface area contributed by atoms with Crippen molar-refractivity contribution in [1.82, 2.24) is 0 Å². The van der Waals surface area contributed by atoms with E-state index in [9.17, 15) is 13.2 Å². The summed E-state index contributed by atoms with van der Waals surface area (Å²) in [4.78, 5) is 12.8. The highest BCUT2D eigenvalue weighted by atomic mass is 35.5. The Kier molecular flexibility index (Phi) is 6.77. The molecule has 0 saturated heterocycles. The molecule has 6 nitrogen and oxygen atoms in total. The number of sulfonamides is 1. The summed E-state index contributed by atoms with van der Waals surface area (Å²) >= 11 is 5.85. The summed E-state index contributed by atoms with van der Waals surface area (Å²) in [6.07, 6.45) is 0. The third-order valence-corrected chi connectivity index (χ3v) is 6.17. The zero-order valence-electron chi connectivity index (χ0n) is 16.5. The Hall–Kier alpha value is -2.87. The number of aryl methyl sites for hydroxylation is 1. The summed E-state index contributed by atoms with van der Waals surface area (Å²) in [6.45, 7) is 1.98. The van der Waals surface area contributed by atoms with Gasteiger partial charge in [-0.05, 0) is 60.5 Å². The maximum atomic E-state index is 12.9. The van der Waals surface area contributed by atoms with E-state index in [1.165, 1.54) is 6.07 Å². The number of hydrogen-bond acceptors (Lipinski definition) is 4. The van der Waals surface area contributed by atoms with E-state index in [1.807, 2.05) is 6.07 Å². The molecule has 8 heteroatoms. The lowest BCUT2D eigenvalue weighted by molar-refractivity contribution is 0.102. The predicted octanol–water partition coefficient (Wildman–Crippen LogP) is 4.85. The Labute approximate surface area is 180 Å². The van der Waals surface area contributed by atoms with Crippen LogP contribution in [0.3, 0.4) is 0 Å². The zero-order chi connectivity index (χ0) is 21.7. The maximum Gasteiger partial charge on any atom is 0.262 e. The fourth-order valence-electron chi connectivity index (χ4n) is 2.92. The molecule has 3 rings (SSSR count). The molecular weight excluding hydrogens is 424 g/mol. The second kappa shape index (κ2) is 9.30. The number of nitrogens with one attached hydrogen (secondary N) is 2. The largest absolute Gasteiger partial charge is 0.380 e. The van der Waals surface area contributed by atoms with E-state index in [0.717, 1.165) is 5.56 Å². The number of amides is 1. The van der Waals surface area contributed by atoms with Crippen LogP contribution in [0.25, 0.3) is 0 Å². The lowest BCUT2D eigenvalue weighted by atomic mass is 10.1. The maximum absolute atomic E-state index is 12.9. The zero-order valence-corrected chi connectivity index (χ0v) is 18.0. The van der Waals surface area contributed by atoms with Crippen molar-refractivity contribution in [2.45, 2.75) is 18.4 Å². The van der Waals surface area contributed by atoms with Gasteiger partial charge in [0.25, 0.3) is 15.9 Å². The third-order valence-electron chi connectivity index (χ3n) is 4.39. The second-order valence-corrected chi connectivity index (χ2v) is 8.72. The first-order valence-electron chi connectivity index (χ1n) is 9.07. The minimum absolute atomic E-state index is 0.0698. The van der Waals surface area contributed by atoms with E-state index in [-0.39, 0.29) is 10.8 Å². The van der Waals surface area contributed by atoms with Crippen LogP contribution in [-0.4, -0.2) is 21.4 Å². The van der Waals surface area contributed by atoms with Crippen LogP contribution in [0.1, 0.15) is 21.5 Å². The van der Waals surface area contributed by atoms with Crippen LogP contribution in [-0.2, 0) is 21.4 Å². The van der Waals surface area contributed by atoms with Crippen molar-refractivity contribution in [1.29, 1.82) is 0 Å². The second-order valence-electron chi connectivity index (χ2n) is 6.64. The van der Waals surface area contributed by atoms with Gasteiger partial charge in [0.1, 0.15) is 0 Å². The average Bonchev–Trinajstić information content (AvgIpc) is 2.71. The molecule has 0 aliphatic heterocycles. The number of carbonyl (C=O) groups is 1. The summed E-state index contributed by atoms with van der Waals surface area (Å²) in [7, 11) is -2.31. The molecule has 0 unspecified atom stereocenters. The lowest BCUT2D eigenvalue weighted by Crippen LogP contribution is -2.17. The number of ether oxygens (including phenoxy) is 1. The van der Waals surface area contributed by atoms with Crippen molar-refractivity contribution in [3.8, 4) is 0 Å². The van der Waals surface area contributed by atoms with Gasteiger partial charge in [-0.3, -0.25) is 9.52 Å². The summed E-state index contributed by atoms with van der Waals surface area (Å²) in [5.41, 5.74) is 2.51. The van der Waals surface area contributed by atoms with Crippen LogP contribution in [0.4, 0.5) is 11.4 Å². The van der Waals surface area contributed by atoms with E-state index in [0.29, 0.717) is 34.1 Å². The molecule has 0 aliphatic rings. The van der Waals surface area contributed by atoms with Gasteiger partial charge in [-0.15, -0.1) is 0 Å². The molecule has 0 atom stereocenters. The van der Waals surface area contributed by atoms with E-state index < -0.39 is 10.0 Å². The predicted molar refractivity (Wildman–Crippen MR) is 119 cm³/mol. The topological polar surface area (TPSA) is 84.5 Å². The van der Waals surface area contributed by atoms with Gasteiger partial charge in [-0.2, -0.15) is 0 Å². The van der Waals surface area contributed by atoms with E-state index in [4.69, 9.17) is 16.3 Å². The summed E-state index contributed by atoms with van der Waals surface area (Å²) in [5, 5.41) is 3.27. The lowest BCUT2D eigenvalue weighted by Gasteiger charge is -2.14. The Morgan fingerprint density at radius 3 is 2.37 bits per heavy atom. The van der Waals surface area contributed by atoms with Crippen molar-refractivity contribution in [2.24, 2.45) is 0 Å². The van der Waals surface area contributed by atoms with Crippen molar-refractivity contribution in [3.05, 3.63) is 88.4 Å². The molecule has 0 aliphatic carbocycles. The smallest absolute Gasteiger partial charge is 0.262 e. The highest BCUT2D eigenvalue weighted by molar-refractivity contribution is 7.92. The number of halogens is 1. The molecule has 0 spiro atoms. The first kappa shape index (κ1) is 21.8. The average molecular weight is 445 g/mol. The molecule has 1 amide bonds. The van der Waals surface area contributed by atoms with Crippen molar-refractivity contribution >= 4 is 38.9 Å². The molecule has 0 heterocycles. The molecule has 3 aromatic rings. The summed E-state index contributed by atoms with van der Waals surface area (Å²) < 4.78 is 33.4. The molecule has 0 saturated carbocycles. The van der Waals surface area contributed by atoms with Gasteiger partial charge in [0.15, 0.2) is 0 Å². The van der Waals surface area contributed by atoms with Gasteiger partial charge >= 0.3 is 0 Å². The van der Waals surface area contributed by atoms with Crippen LogP contribution in [0.2, 0.25) is 5.02 Å². The van der Waals surface area contributed by atoms with Crippen LogP contribution in [0.5, 0.6) is 0 Å². The number of anilines is 2. The molecular formula is C22H21ClN2O4S. The van der Waals surface area contributed by atoms with Gasteiger partial charge in [0.2, 0.25) is 0 Å². The quantitative estimate of drug-likeness (QED) is 0.545. The van der Waals surface area contributed by atoms with Crippen molar-refractivity contribution in [3.63, 3.8) is 0 Å². The van der Waals surface area contributed by atoms with Crippen molar-refractivity contribution in [2.75, 3.05) is 17.1 Å². The number of carbonyl (C=O) groups excluding carboxylic acids is 1. The number of hydrogen-bond donors (Lipinski definition) is 2. The van der Waals surface area contributed by atoms with Crippen LogP contribution in [0.15, 0.2) is 71.6 Å². The van der Waals surface area contributed by atoms with Gasteiger partial charge < -0.3 is 10.1 Å². The highest BCUT2D eigenvalue weighted by Crippen LogP contribution is 2.24. The normalized spacial score (nSPS) is 11.2. The number of methoxy groups -OCH3 is 1. The number of rotatable bonds is 7. The summed E-state index contributed by atoms with van der Waals surface area (Å²) in [5.74, 6) is -0.347. The molecule has 30 heavy (non-hydrogen) atoms. The molecule has 0 fully saturated rings. The molecule has 156 valence electrons. The Morgan fingerprint density at radius 2 is 1.67 bits per heavy atom. The fourth-order valence-corrected chi connectivity index (χ4v) is 4.37.